The van der Waals surface area contributed by atoms with Crippen molar-refractivity contribution in [3.05, 3.63) is 70.2 Å². The molecule has 0 saturated carbocycles. The molecule has 0 fully saturated rings. The molecule has 2 rings (SSSR count). The minimum Gasteiger partial charge on any atom is -0.469 e. The van der Waals surface area contributed by atoms with Gasteiger partial charge in [-0.15, -0.1) is 0 Å². The second-order valence-corrected chi connectivity index (χ2v) is 6.20. The number of carbonyl (C=O) groups excluding carboxylic acids is 2. The van der Waals surface area contributed by atoms with E-state index >= 15 is 0 Å². The molecular weight excluding hydrogens is 383 g/mol. The highest BCUT2D eigenvalue weighted by atomic mass is 35.5. The topological polar surface area (TPSA) is 55.4 Å². The van der Waals surface area contributed by atoms with Crippen molar-refractivity contribution >= 4 is 23.5 Å². The normalized spacial score (nSPS) is 12.3. The lowest BCUT2D eigenvalue weighted by Gasteiger charge is -2.19. The zero-order valence-corrected chi connectivity index (χ0v) is 15.1. The van der Waals surface area contributed by atoms with Crippen LogP contribution < -0.4 is 5.32 Å². The SMILES string of the molecule is COC(=O)CC(NC(=O)Cc1cccc(C(F)(F)F)c1)c1ccccc1Cl. The van der Waals surface area contributed by atoms with Gasteiger partial charge in [0.2, 0.25) is 5.91 Å². The van der Waals surface area contributed by atoms with Crippen LogP contribution >= 0.6 is 11.6 Å². The van der Waals surface area contributed by atoms with Gasteiger partial charge in [-0.1, -0.05) is 48.0 Å². The molecule has 4 nitrogen and oxygen atoms in total. The minimum absolute atomic E-state index is 0.158. The third-order valence-corrected chi connectivity index (χ3v) is 4.18. The Labute approximate surface area is 159 Å². The highest BCUT2D eigenvalue weighted by Gasteiger charge is 2.30. The van der Waals surface area contributed by atoms with Gasteiger partial charge in [0.1, 0.15) is 0 Å². The van der Waals surface area contributed by atoms with Crippen molar-refractivity contribution in [3.63, 3.8) is 0 Å². The van der Waals surface area contributed by atoms with Crippen molar-refractivity contribution in [2.75, 3.05) is 7.11 Å². The largest absolute Gasteiger partial charge is 0.469 e. The maximum absolute atomic E-state index is 12.8. The summed E-state index contributed by atoms with van der Waals surface area (Å²) in [4.78, 5) is 24.0. The van der Waals surface area contributed by atoms with E-state index in [-0.39, 0.29) is 18.4 Å². The summed E-state index contributed by atoms with van der Waals surface area (Å²) < 4.78 is 43.0. The molecule has 8 heteroatoms. The van der Waals surface area contributed by atoms with Crippen LogP contribution in [0.5, 0.6) is 0 Å². The van der Waals surface area contributed by atoms with Crippen molar-refractivity contribution < 1.29 is 27.5 Å². The number of ether oxygens (including phenoxy) is 1. The Balaban J connectivity index is 2.16. The molecule has 2 aromatic rings. The molecule has 0 aliphatic heterocycles. The second kappa shape index (κ2) is 8.90. The monoisotopic (exact) mass is 399 g/mol. The van der Waals surface area contributed by atoms with Gasteiger partial charge in [0.25, 0.3) is 0 Å². The summed E-state index contributed by atoms with van der Waals surface area (Å²) in [5.74, 6) is -1.09. The van der Waals surface area contributed by atoms with E-state index in [0.717, 1.165) is 12.1 Å². The Morgan fingerprint density at radius 3 is 2.48 bits per heavy atom. The van der Waals surface area contributed by atoms with E-state index in [2.05, 4.69) is 10.1 Å². The number of benzene rings is 2. The third kappa shape index (κ3) is 5.99. The van der Waals surface area contributed by atoms with E-state index in [0.29, 0.717) is 10.6 Å². The quantitative estimate of drug-likeness (QED) is 0.736. The summed E-state index contributed by atoms with van der Waals surface area (Å²) in [7, 11) is 1.22. The molecule has 0 heterocycles. The number of methoxy groups -OCH3 is 1. The van der Waals surface area contributed by atoms with Crippen LogP contribution in [0.4, 0.5) is 13.2 Å². The predicted octanol–water partition coefficient (Wildman–Crippen LogP) is 4.32. The Morgan fingerprint density at radius 2 is 1.85 bits per heavy atom. The van der Waals surface area contributed by atoms with E-state index in [1.54, 1.807) is 24.3 Å². The first-order valence-electron chi connectivity index (χ1n) is 7.97. The maximum Gasteiger partial charge on any atom is 0.416 e. The van der Waals surface area contributed by atoms with Crippen LogP contribution in [0.3, 0.4) is 0 Å². The van der Waals surface area contributed by atoms with E-state index in [1.807, 2.05) is 0 Å². The van der Waals surface area contributed by atoms with Gasteiger partial charge < -0.3 is 10.1 Å². The van der Waals surface area contributed by atoms with Gasteiger partial charge in [0, 0.05) is 5.02 Å². The highest BCUT2D eigenvalue weighted by Crippen LogP contribution is 2.30. The van der Waals surface area contributed by atoms with Gasteiger partial charge >= 0.3 is 12.1 Å². The van der Waals surface area contributed by atoms with Crippen LogP contribution in [0, 0.1) is 0 Å². The fourth-order valence-corrected chi connectivity index (χ4v) is 2.80. The molecule has 1 amide bonds. The molecule has 0 radical (unpaired) electrons. The summed E-state index contributed by atoms with van der Waals surface area (Å²) >= 11 is 6.13. The maximum atomic E-state index is 12.8. The number of hydrogen-bond donors (Lipinski definition) is 1. The van der Waals surface area contributed by atoms with Crippen molar-refractivity contribution in [1.82, 2.24) is 5.32 Å². The van der Waals surface area contributed by atoms with Crippen LogP contribution in [0.15, 0.2) is 48.5 Å². The molecule has 144 valence electrons. The molecule has 0 saturated heterocycles. The number of rotatable bonds is 6. The van der Waals surface area contributed by atoms with E-state index in [1.165, 1.54) is 19.2 Å². The van der Waals surface area contributed by atoms with Crippen LogP contribution in [-0.4, -0.2) is 19.0 Å². The summed E-state index contributed by atoms with van der Waals surface area (Å²) in [6.07, 6.45) is -4.92. The van der Waals surface area contributed by atoms with Gasteiger partial charge in [-0.3, -0.25) is 9.59 Å². The average Bonchev–Trinajstić information content (AvgIpc) is 2.61. The van der Waals surface area contributed by atoms with E-state index in [4.69, 9.17) is 11.6 Å². The number of nitrogens with one attached hydrogen (secondary N) is 1. The first-order valence-corrected chi connectivity index (χ1v) is 8.35. The molecule has 1 unspecified atom stereocenters. The Morgan fingerprint density at radius 1 is 1.15 bits per heavy atom. The Kier molecular flexibility index (Phi) is 6.85. The lowest BCUT2D eigenvalue weighted by atomic mass is 10.0. The fourth-order valence-electron chi connectivity index (χ4n) is 2.53. The summed E-state index contributed by atoms with van der Waals surface area (Å²) in [6, 6.07) is 10.4. The number of alkyl halides is 3. The Bertz CT molecular complexity index is 824. The number of halogens is 4. The standard InChI is InChI=1S/C19H17ClF3NO3/c1-27-18(26)11-16(14-7-2-3-8-15(14)20)24-17(25)10-12-5-4-6-13(9-12)19(21,22)23/h2-9,16H,10-11H2,1H3,(H,24,25). The van der Waals surface area contributed by atoms with Crippen molar-refractivity contribution in [1.29, 1.82) is 0 Å². The molecular formula is C19H17ClF3NO3. The smallest absolute Gasteiger partial charge is 0.416 e. The van der Waals surface area contributed by atoms with Crippen LogP contribution in [-0.2, 0) is 26.9 Å². The van der Waals surface area contributed by atoms with Crippen molar-refractivity contribution in [2.24, 2.45) is 0 Å². The third-order valence-electron chi connectivity index (χ3n) is 3.83. The molecule has 1 N–H and O–H groups in total. The van der Waals surface area contributed by atoms with Gasteiger partial charge in [0.15, 0.2) is 0 Å². The summed E-state index contributed by atoms with van der Waals surface area (Å²) in [5, 5.41) is 2.99. The molecule has 2 aromatic carbocycles. The first kappa shape index (κ1) is 20.8. The molecule has 27 heavy (non-hydrogen) atoms. The summed E-state index contributed by atoms with van der Waals surface area (Å²) in [5.41, 5.74) is -0.106. The fraction of sp³-hybridized carbons (Fsp3) is 0.263. The Hall–Kier alpha value is -2.54. The molecule has 1 atom stereocenters. The van der Waals surface area contributed by atoms with E-state index < -0.39 is 29.7 Å². The molecule has 0 aliphatic carbocycles. The van der Waals surface area contributed by atoms with Gasteiger partial charge in [-0.2, -0.15) is 13.2 Å². The molecule has 0 spiro atoms. The number of esters is 1. The second-order valence-electron chi connectivity index (χ2n) is 5.80. The number of carbonyl (C=O) groups is 2. The molecule has 0 aliphatic rings. The van der Waals surface area contributed by atoms with Gasteiger partial charge in [-0.05, 0) is 23.3 Å². The van der Waals surface area contributed by atoms with Crippen LogP contribution in [0.1, 0.15) is 29.2 Å². The molecule has 0 bridgehead atoms. The number of amides is 1. The van der Waals surface area contributed by atoms with Crippen LogP contribution in [0.25, 0.3) is 0 Å². The lowest BCUT2D eigenvalue weighted by molar-refractivity contribution is -0.141. The molecule has 0 aromatic heterocycles. The zero-order chi connectivity index (χ0) is 20.0. The van der Waals surface area contributed by atoms with Crippen LogP contribution in [0.2, 0.25) is 5.02 Å². The first-order chi connectivity index (χ1) is 12.7. The number of hydrogen-bond acceptors (Lipinski definition) is 3. The van der Waals surface area contributed by atoms with E-state index in [9.17, 15) is 22.8 Å². The zero-order valence-electron chi connectivity index (χ0n) is 14.3. The minimum atomic E-state index is -4.49. The summed E-state index contributed by atoms with van der Waals surface area (Å²) in [6.45, 7) is 0. The van der Waals surface area contributed by atoms with Crippen molar-refractivity contribution in [3.8, 4) is 0 Å². The van der Waals surface area contributed by atoms with Gasteiger partial charge in [-0.25, -0.2) is 0 Å². The van der Waals surface area contributed by atoms with Crippen molar-refractivity contribution in [2.45, 2.75) is 25.1 Å². The lowest BCUT2D eigenvalue weighted by Crippen LogP contribution is -2.31. The predicted molar refractivity (Wildman–Crippen MR) is 94.1 cm³/mol. The van der Waals surface area contributed by atoms with Gasteiger partial charge in [0.05, 0.1) is 31.6 Å². The average molecular weight is 400 g/mol. The highest BCUT2D eigenvalue weighted by molar-refractivity contribution is 6.31.